The van der Waals surface area contributed by atoms with Crippen LogP contribution in [-0.4, -0.2) is 15.6 Å². The van der Waals surface area contributed by atoms with Gasteiger partial charge in [0, 0.05) is 24.3 Å². The Hall–Kier alpha value is -3.29. The first-order chi connectivity index (χ1) is 13.4. The van der Waals surface area contributed by atoms with Gasteiger partial charge in [0.1, 0.15) is 5.82 Å². The molecule has 0 atom stereocenters. The first-order valence-corrected chi connectivity index (χ1v) is 8.80. The number of halogens is 3. The molecule has 2 heterocycles. The van der Waals surface area contributed by atoms with Crippen molar-refractivity contribution < 1.29 is 18.0 Å². The number of amides is 2. The van der Waals surface area contributed by atoms with Gasteiger partial charge in [-0.3, -0.25) is 0 Å². The molecule has 2 amide bonds. The second-order valence-corrected chi connectivity index (χ2v) is 6.55. The summed E-state index contributed by atoms with van der Waals surface area (Å²) >= 11 is 0. The second kappa shape index (κ2) is 7.03. The van der Waals surface area contributed by atoms with Gasteiger partial charge in [0.05, 0.1) is 17.5 Å². The van der Waals surface area contributed by atoms with Crippen LogP contribution in [0.1, 0.15) is 17.8 Å². The highest BCUT2D eigenvalue weighted by atomic mass is 19.4. The van der Waals surface area contributed by atoms with Crippen LogP contribution in [0.5, 0.6) is 0 Å². The number of urea groups is 1. The van der Waals surface area contributed by atoms with Crippen molar-refractivity contribution >= 4 is 17.4 Å². The minimum absolute atomic E-state index is 0.275. The molecule has 0 bridgehead atoms. The van der Waals surface area contributed by atoms with Gasteiger partial charge < -0.3 is 15.2 Å². The second-order valence-electron chi connectivity index (χ2n) is 6.55. The smallest absolute Gasteiger partial charge is 0.328 e. The summed E-state index contributed by atoms with van der Waals surface area (Å²) in [5.41, 5.74) is 2.15. The number of hydrogen-bond acceptors (Lipinski definition) is 2. The highest BCUT2D eigenvalue weighted by molar-refractivity contribution is 5.99. The van der Waals surface area contributed by atoms with Crippen molar-refractivity contribution in [2.75, 3.05) is 10.6 Å². The third-order valence-corrected chi connectivity index (χ3v) is 4.63. The molecule has 0 fully saturated rings. The molecule has 3 aromatic rings. The fraction of sp³-hybridized carbons (Fsp3) is 0.200. The Kier molecular flexibility index (Phi) is 4.54. The molecular weight excluding hydrogens is 369 g/mol. The number of aromatic nitrogens is 2. The zero-order valence-electron chi connectivity index (χ0n) is 14.8. The van der Waals surface area contributed by atoms with E-state index in [2.05, 4.69) is 20.2 Å². The summed E-state index contributed by atoms with van der Waals surface area (Å²) in [7, 11) is 0. The van der Waals surface area contributed by atoms with Crippen LogP contribution in [-0.2, 0) is 19.1 Å². The normalized spacial score (nSPS) is 13.2. The van der Waals surface area contributed by atoms with Crippen LogP contribution in [0, 0.1) is 0 Å². The molecule has 0 spiro atoms. The summed E-state index contributed by atoms with van der Waals surface area (Å²) in [6.07, 6.45) is -0.462. The standard InChI is InChI=1S/C20H17F3N4O/c21-20(22,23)14-5-9-16(10-6-14)26-19(28)25-15-7-3-13(4-8-15)17-12-24-18-2-1-11-27(17)18/h3-10,12H,1-2,11H2,(H2,25,26,28). The van der Waals surface area contributed by atoms with E-state index in [1.54, 1.807) is 12.1 Å². The van der Waals surface area contributed by atoms with Gasteiger partial charge in [-0.1, -0.05) is 12.1 Å². The van der Waals surface area contributed by atoms with E-state index in [1.165, 1.54) is 12.1 Å². The van der Waals surface area contributed by atoms with Crippen LogP contribution < -0.4 is 10.6 Å². The Morgan fingerprint density at radius 2 is 1.57 bits per heavy atom. The number of carbonyl (C=O) groups is 1. The zero-order chi connectivity index (χ0) is 19.7. The predicted molar refractivity (Wildman–Crippen MR) is 100 cm³/mol. The van der Waals surface area contributed by atoms with Crippen molar-refractivity contribution in [3.63, 3.8) is 0 Å². The first-order valence-electron chi connectivity index (χ1n) is 8.80. The zero-order valence-corrected chi connectivity index (χ0v) is 14.8. The van der Waals surface area contributed by atoms with Crippen LogP contribution in [0.3, 0.4) is 0 Å². The molecule has 1 aromatic heterocycles. The average Bonchev–Trinajstić information content (AvgIpc) is 3.26. The van der Waals surface area contributed by atoms with E-state index >= 15 is 0 Å². The molecule has 144 valence electrons. The quantitative estimate of drug-likeness (QED) is 0.653. The molecule has 0 radical (unpaired) electrons. The summed E-state index contributed by atoms with van der Waals surface area (Å²) in [6.45, 7) is 0.959. The number of anilines is 2. The number of alkyl halides is 3. The number of hydrogen-bond donors (Lipinski definition) is 2. The summed E-state index contributed by atoms with van der Waals surface area (Å²) in [4.78, 5) is 16.5. The number of fused-ring (bicyclic) bond motifs is 1. The minimum atomic E-state index is -4.40. The molecule has 2 aromatic carbocycles. The molecule has 1 aliphatic heterocycles. The van der Waals surface area contributed by atoms with E-state index < -0.39 is 17.8 Å². The van der Waals surface area contributed by atoms with Crippen molar-refractivity contribution in [3.05, 3.63) is 66.1 Å². The molecule has 5 nitrogen and oxygen atoms in total. The summed E-state index contributed by atoms with van der Waals surface area (Å²) in [5.74, 6) is 1.09. The molecule has 8 heteroatoms. The predicted octanol–water partition coefficient (Wildman–Crippen LogP) is 5.16. The maximum atomic E-state index is 12.6. The van der Waals surface area contributed by atoms with Crippen molar-refractivity contribution in [3.8, 4) is 11.3 Å². The fourth-order valence-corrected chi connectivity index (χ4v) is 3.25. The third-order valence-electron chi connectivity index (χ3n) is 4.63. The molecule has 0 saturated carbocycles. The number of rotatable bonds is 3. The highest BCUT2D eigenvalue weighted by Crippen LogP contribution is 2.30. The summed E-state index contributed by atoms with van der Waals surface area (Å²) in [6, 6.07) is 11.1. The van der Waals surface area contributed by atoms with Crippen LogP contribution in [0.15, 0.2) is 54.7 Å². The van der Waals surface area contributed by atoms with Crippen LogP contribution >= 0.6 is 0 Å². The largest absolute Gasteiger partial charge is 0.416 e. The van der Waals surface area contributed by atoms with Crippen LogP contribution in [0.4, 0.5) is 29.3 Å². The van der Waals surface area contributed by atoms with Crippen molar-refractivity contribution in [1.29, 1.82) is 0 Å². The lowest BCUT2D eigenvalue weighted by atomic mass is 10.1. The Bertz CT molecular complexity index is 992. The lowest BCUT2D eigenvalue weighted by Gasteiger charge is -2.10. The lowest BCUT2D eigenvalue weighted by Crippen LogP contribution is -2.19. The monoisotopic (exact) mass is 386 g/mol. The number of aryl methyl sites for hydroxylation is 1. The van der Waals surface area contributed by atoms with Crippen LogP contribution in [0.2, 0.25) is 0 Å². The van der Waals surface area contributed by atoms with E-state index in [1.807, 2.05) is 18.3 Å². The maximum Gasteiger partial charge on any atom is 0.416 e. The van der Waals surface area contributed by atoms with E-state index in [4.69, 9.17) is 0 Å². The van der Waals surface area contributed by atoms with E-state index in [9.17, 15) is 18.0 Å². The van der Waals surface area contributed by atoms with Crippen molar-refractivity contribution in [2.45, 2.75) is 25.6 Å². The first kappa shape index (κ1) is 18.1. The van der Waals surface area contributed by atoms with Crippen LogP contribution in [0.25, 0.3) is 11.3 Å². The van der Waals surface area contributed by atoms with Gasteiger partial charge in [-0.15, -0.1) is 0 Å². The lowest BCUT2D eigenvalue weighted by molar-refractivity contribution is -0.137. The molecule has 4 rings (SSSR count). The summed E-state index contributed by atoms with van der Waals surface area (Å²) in [5, 5.41) is 5.18. The maximum absolute atomic E-state index is 12.6. The van der Waals surface area contributed by atoms with Gasteiger partial charge in [-0.2, -0.15) is 13.2 Å². The number of nitrogens with one attached hydrogen (secondary N) is 2. The Morgan fingerprint density at radius 3 is 2.18 bits per heavy atom. The molecule has 1 aliphatic rings. The van der Waals surface area contributed by atoms with Gasteiger partial charge in [-0.25, -0.2) is 9.78 Å². The molecular formula is C20H17F3N4O. The van der Waals surface area contributed by atoms with Gasteiger partial charge in [0.2, 0.25) is 0 Å². The van der Waals surface area contributed by atoms with Gasteiger partial charge >= 0.3 is 12.2 Å². The van der Waals surface area contributed by atoms with Crippen molar-refractivity contribution in [1.82, 2.24) is 9.55 Å². The van der Waals surface area contributed by atoms with Crippen molar-refractivity contribution in [2.24, 2.45) is 0 Å². The molecule has 0 saturated heterocycles. The Labute approximate surface area is 159 Å². The number of carbonyl (C=O) groups excluding carboxylic acids is 1. The average molecular weight is 386 g/mol. The number of nitrogens with zero attached hydrogens (tertiary/aromatic N) is 2. The Morgan fingerprint density at radius 1 is 0.964 bits per heavy atom. The van der Waals surface area contributed by atoms with E-state index in [0.29, 0.717) is 5.69 Å². The minimum Gasteiger partial charge on any atom is -0.328 e. The summed E-state index contributed by atoms with van der Waals surface area (Å²) < 4.78 is 39.9. The number of imidazole rings is 1. The third kappa shape index (κ3) is 3.71. The molecule has 28 heavy (non-hydrogen) atoms. The van der Waals surface area contributed by atoms with E-state index in [0.717, 1.165) is 48.6 Å². The van der Waals surface area contributed by atoms with Gasteiger partial charge in [0.15, 0.2) is 0 Å². The Balaban J connectivity index is 1.39. The topological polar surface area (TPSA) is 59.0 Å². The fourth-order valence-electron chi connectivity index (χ4n) is 3.25. The SMILES string of the molecule is O=C(Nc1ccc(-c2cnc3n2CCC3)cc1)Nc1ccc(C(F)(F)F)cc1. The number of benzene rings is 2. The van der Waals surface area contributed by atoms with Gasteiger partial charge in [-0.05, 0) is 48.4 Å². The highest BCUT2D eigenvalue weighted by Gasteiger charge is 2.30. The molecule has 0 aliphatic carbocycles. The van der Waals surface area contributed by atoms with Gasteiger partial charge in [0.25, 0.3) is 0 Å². The molecule has 2 N–H and O–H groups in total. The molecule has 0 unspecified atom stereocenters. The van der Waals surface area contributed by atoms with E-state index in [-0.39, 0.29) is 5.69 Å².